The molecule has 0 aliphatic rings. The number of nitrogens with one attached hydrogen (secondary N) is 1. The van der Waals surface area contributed by atoms with Crippen LogP contribution < -0.4 is 5.32 Å². The minimum Gasteiger partial charge on any atom is -0.508 e. The fourth-order valence-electron chi connectivity index (χ4n) is 1.40. The van der Waals surface area contributed by atoms with Crippen molar-refractivity contribution in [2.24, 2.45) is 11.3 Å². The second-order valence-electron chi connectivity index (χ2n) is 5.98. The summed E-state index contributed by atoms with van der Waals surface area (Å²) < 4.78 is 0. The van der Waals surface area contributed by atoms with Crippen molar-refractivity contribution >= 4 is 5.91 Å². The van der Waals surface area contributed by atoms with Crippen molar-refractivity contribution in [1.29, 1.82) is 0 Å². The van der Waals surface area contributed by atoms with Gasteiger partial charge in [-0.05, 0) is 36.0 Å². The molecule has 0 spiro atoms. The fourth-order valence-corrected chi connectivity index (χ4v) is 1.40. The molecule has 3 heteroatoms. The average molecular weight is 249 g/mol. The van der Waals surface area contributed by atoms with Gasteiger partial charge in [0.1, 0.15) is 5.75 Å². The van der Waals surface area contributed by atoms with E-state index in [1.54, 1.807) is 19.1 Å². The summed E-state index contributed by atoms with van der Waals surface area (Å²) in [5.74, 6) is 0.411. The lowest BCUT2D eigenvalue weighted by Crippen LogP contribution is -2.33. The van der Waals surface area contributed by atoms with E-state index in [1.165, 1.54) is 6.07 Å². The predicted octanol–water partition coefficient (Wildman–Crippen LogP) is 3.11. The molecule has 1 aromatic carbocycles. The van der Waals surface area contributed by atoms with E-state index < -0.39 is 0 Å². The molecule has 1 amide bonds. The maximum absolute atomic E-state index is 11.9. The van der Waals surface area contributed by atoms with Crippen molar-refractivity contribution in [3.63, 3.8) is 0 Å². The highest BCUT2D eigenvalue weighted by Crippen LogP contribution is 2.24. The lowest BCUT2D eigenvalue weighted by Gasteiger charge is -2.27. The molecular formula is C15H23NO2. The smallest absolute Gasteiger partial charge is 0.251 e. The van der Waals surface area contributed by atoms with Gasteiger partial charge in [-0.25, -0.2) is 0 Å². The van der Waals surface area contributed by atoms with Gasteiger partial charge in [-0.1, -0.05) is 33.8 Å². The predicted molar refractivity (Wildman–Crippen MR) is 73.8 cm³/mol. The van der Waals surface area contributed by atoms with E-state index in [2.05, 4.69) is 33.0 Å². The van der Waals surface area contributed by atoms with Gasteiger partial charge < -0.3 is 10.4 Å². The van der Waals surface area contributed by atoms with Crippen molar-refractivity contribution in [3.05, 3.63) is 29.3 Å². The van der Waals surface area contributed by atoms with E-state index in [-0.39, 0.29) is 17.1 Å². The molecule has 100 valence electrons. The quantitative estimate of drug-likeness (QED) is 0.864. The SMILES string of the molecule is Cc1ccc(C(=O)NCC(C)C(C)(C)C)cc1O. The number of carbonyl (C=O) groups excluding carboxylic acids is 1. The molecule has 0 aliphatic heterocycles. The summed E-state index contributed by atoms with van der Waals surface area (Å²) in [5.41, 5.74) is 1.44. The number of hydrogen-bond donors (Lipinski definition) is 2. The van der Waals surface area contributed by atoms with E-state index in [9.17, 15) is 9.90 Å². The second-order valence-corrected chi connectivity index (χ2v) is 5.98. The summed E-state index contributed by atoms with van der Waals surface area (Å²) in [6.45, 7) is 11.0. The molecule has 0 radical (unpaired) electrons. The third-order valence-corrected chi connectivity index (χ3v) is 3.52. The summed E-state index contributed by atoms with van der Waals surface area (Å²) in [4.78, 5) is 11.9. The molecular weight excluding hydrogens is 226 g/mol. The number of aromatic hydroxyl groups is 1. The minimum atomic E-state index is -0.138. The van der Waals surface area contributed by atoms with Crippen LogP contribution in [-0.4, -0.2) is 17.6 Å². The Hall–Kier alpha value is -1.51. The normalized spacial score (nSPS) is 13.2. The van der Waals surface area contributed by atoms with Crippen LogP contribution in [0.4, 0.5) is 0 Å². The van der Waals surface area contributed by atoms with Gasteiger partial charge in [0.2, 0.25) is 0 Å². The minimum absolute atomic E-state index is 0.138. The van der Waals surface area contributed by atoms with Gasteiger partial charge in [-0.15, -0.1) is 0 Å². The molecule has 1 unspecified atom stereocenters. The molecule has 3 nitrogen and oxygen atoms in total. The van der Waals surface area contributed by atoms with Gasteiger partial charge in [0.05, 0.1) is 0 Å². The number of carbonyl (C=O) groups is 1. The van der Waals surface area contributed by atoms with Crippen molar-refractivity contribution in [1.82, 2.24) is 5.32 Å². The molecule has 1 rings (SSSR count). The van der Waals surface area contributed by atoms with Crippen LogP contribution in [-0.2, 0) is 0 Å². The summed E-state index contributed by atoms with van der Waals surface area (Å²) >= 11 is 0. The maximum atomic E-state index is 11.9. The molecule has 0 aromatic heterocycles. The van der Waals surface area contributed by atoms with Crippen molar-refractivity contribution in [2.75, 3.05) is 6.54 Å². The third kappa shape index (κ3) is 3.76. The van der Waals surface area contributed by atoms with Crippen LogP contribution in [0.25, 0.3) is 0 Å². The largest absolute Gasteiger partial charge is 0.508 e. The van der Waals surface area contributed by atoms with Gasteiger partial charge in [-0.3, -0.25) is 4.79 Å². The second kappa shape index (κ2) is 5.42. The molecule has 2 N–H and O–H groups in total. The van der Waals surface area contributed by atoms with Crippen molar-refractivity contribution in [2.45, 2.75) is 34.6 Å². The summed E-state index contributed by atoms with van der Waals surface area (Å²) in [7, 11) is 0. The van der Waals surface area contributed by atoms with Crippen LogP contribution in [0.15, 0.2) is 18.2 Å². The highest BCUT2D eigenvalue weighted by molar-refractivity contribution is 5.94. The molecule has 0 saturated carbocycles. The van der Waals surface area contributed by atoms with Crippen LogP contribution in [0, 0.1) is 18.3 Å². The molecule has 0 bridgehead atoms. The van der Waals surface area contributed by atoms with E-state index in [4.69, 9.17) is 0 Å². The zero-order valence-electron chi connectivity index (χ0n) is 11.9. The number of benzene rings is 1. The van der Waals surface area contributed by atoms with Gasteiger partial charge in [-0.2, -0.15) is 0 Å². The van der Waals surface area contributed by atoms with Gasteiger partial charge >= 0.3 is 0 Å². The first-order valence-corrected chi connectivity index (χ1v) is 6.29. The Morgan fingerprint density at radius 3 is 2.50 bits per heavy atom. The summed E-state index contributed by atoms with van der Waals surface area (Å²) in [6, 6.07) is 4.98. The van der Waals surface area contributed by atoms with E-state index in [1.807, 2.05) is 0 Å². The van der Waals surface area contributed by atoms with Gasteiger partial charge in [0.25, 0.3) is 5.91 Å². The highest BCUT2D eigenvalue weighted by atomic mass is 16.3. The fraction of sp³-hybridized carbons (Fsp3) is 0.533. The molecule has 0 saturated heterocycles. The first kappa shape index (κ1) is 14.6. The molecule has 18 heavy (non-hydrogen) atoms. The van der Waals surface area contributed by atoms with Crippen LogP contribution >= 0.6 is 0 Å². The topological polar surface area (TPSA) is 49.3 Å². The molecule has 0 heterocycles. The Morgan fingerprint density at radius 2 is 2.00 bits per heavy atom. The third-order valence-electron chi connectivity index (χ3n) is 3.52. The number of phenolic OH excluding ortho intramolecular Hbond substituents is 1. The zero-order valence-corrected chi connectivity index (χ0v) is 11.9. The molecule has 0 fully saturated rings. The summed E-state index contributed by atoms with van der Waals surface area (Å²) in [5, 5.41) is 12.5. The Bertz CT molecular complexity index is 433. The molecule has 0 aliphatic carbocycles. The Morgan fingerprint density at radius 1 is 1.39 bits per heavy atom. The Labute approximate surface area is 109 Å². The number of phenols is 1. The van der Waals surface area contributed by atoms with Crippen LogP contribution in [0.1, 0.15) is 43.6 Å². The number of aryl methyl sites for hydroxylation is 1. The highest BCUT2D eigenvalue weighted by Gasteiger charge is 2.20. The first-order chi connectivity index (χ1) is 8.21. The zero-order chi connectivity index (χ0) is 13.9. The number of hydrogen-bond acceptors (Lipinski definition) is 2. The Kier molecular flexibility index (Phi) is 4.38. The van der Waals surface area contributed by atoms with Gasteiger partial charge in [0.15, 0.2) is 0 Å². The summed E-state index contributed by atoms with van der Waals surface area (Å²) in [6.07, 6.45) is 0. The molecule has 1 atom stereocenters. The molecule has 1 aromatic rings. The lowest BCUT2D eigenvalue weighted by atomic mass is 9.82. The van der Waals surface area contributed by atoms with Crippen LogP contribution in [0.2, 0.25) is 0 Å². The van der Waals surface area contributed by atoms with E-state index in [0.29, 0.717) is 18.0 Å². The van der Waals surface area contributed by atoms with Crippen LogP contribution in [0.3, 0.4) is 0 Å². The van der Waals surface area contributed by atoms with E-state index >= 15 is 0 Å². The van der Waals surface area contributed by atoms with Crippen molar-refractivity contribution < 1.29 is 9.90 Å². The maximum Gasteiger partial charge on any atom is 0.251 e. The van der Waals surface area contributed by atoms with Crippen molar-refractivity contribution in [3.8, 4) is 5.75 Å². The Balaban J connectivity index is 2.63. The van der Waals surface area contributed by atoms with Gasteiger partial charge in [0, 0.05) is 12.1 Å². The lowest BCUT2D eigenvalue weighted by molar-refractivity contribution is 0.0936. The first-order valence-electron chi connectivity index (χ1n) is 6.29. The van der Waals surface area contributed by atoms with E-state index in [0.717, 1.165) is 5.56 Å². The monoisotopic (exact) mass is 249 g/mol. The number of amides is 1. The standard InChI is InChI=1S/C15H23NO2/c1-10-6-7-12(8-13(10)17)14(18)16-9-11(2)15(3,4)5/h6-8,11,17H,9H2,1-5H3,(H,16,18). The average Bonchev–Trinajstić information content (AvgIpc) is 2.27. The number of rotatable bonds is 3. The van der Waals surface area contributed by atoms with Crippen LogP contribution in [0.5, 0.6) is 5.75 Å².